The number of aromatic nitrogens is 5. The van der Waals surface area contributed by atoms with E-state index in [-0.39, 0.29) is 17.6 Å². The Hall–Kier alpha value is -3.86. The number of hydrogen-bond acceptors (Lipinski definition) is 4. The average Bonchev–Trinajstić information content (AvgIpc) is 3.43. The number of rotatable bonds is 5. The number of aromatic amines is 1. The maximum atomic E-state index is 12.7. The van der Waals surface area contributed by atoms with E-state index in [1.807, 2.05) is 39.7 Å². The Balaban J connectivity index is 1.52. The second-order valence-electron chi connectivity index (χ2n) is 7.97. The quantitative estimate of drug-likeness (QED) is 0.482. The van der Waals surface area contributed by atoms with Crippen molar-refractivity contribution in [2.24, 2.45) is 0 Å². The normalized spacial score (nSPS) is 18.7. The predicted octanol–water partition coefficient (Wildman–Crippen LogP) is 4.12. The van der Waals surface area contributed by atoms with Crippen molar-refractivity contribution in [2.75, 3.05) is 5.32 Å². The van der Waals surface area contributed by atoms with Gasteiger partial charge in [-0.3, -0.25) is 9.48 Å². The monoisotopic (exact) mass is 413 g/mol. The van der Waals surface area contributed by atoms with Crippen LogP contribution in [0.25, 0.3) is 15.7 Å². The van der Waals surface area contributed by atoms with Crippen molar-refractivity contribution >= 4 is 22.4 Å². The van der Waals surface area contributed by atoms with E-state index in [2.05, 4.69) is 26.2 Å². The van der Waals surface area contributed by atoms with E-state index in [0.717, 1.165) is 42.5 Å². The van der Waals surface area contributed by atoms with Crippen LogP contribution in [-0.4, -0.2) is 30.4 Å². The molecular formula is C23H23N7O. The van der Waals surface area contributed by atoms with Gasteiger partial charge in [-0.25, -0.2) is 11.6 Å². The van der Waals surface area contributed by atoms with Gasteiger partial charge in [-0.05, 0) is 36.6 Å². The summed E-state index contributed by atoms with van der Waals surface area (Å²) in [5.41, 5.74) is 2.55. The fraction of sp³-hybridized carbons (Fsp3) is 0.304. The highest BCUT2D eigenvalue weighted by Crippen LogP contribution is 2.34. The number of pyridine rings is 1. The lowest BCUT2D eigenvalue weighted by Crippen LogP contribution is -2.26. The SMILES string of the molecule is [C-]#[N+][C@H]1CCCC[C@@H]1n1nc(Nc2cccc(Cn3ccnc3)c2)c2c(=O)[nH]ccc21. The van der Waals surface area contributed by atoms with Crippen LogP contribution in [0.4, 0.5) is 11.5 Å². The van der Waals surface area contributed by atoms with Gasteiger partial charge in [0.05, 0.1) is 11.8 Å². The van der Waals surface area contributed by atoms with E-state index in [9.17, 15) is 4.79 Å². The standard InChI is InChI=1S/C23H23N7O/c1-24-18-7-2-3-8-19(18)30-20-9-10-26-23(31)21(20)22(28-30)27-17-6-4-5-16(13-17)14-29-12-11-25-15-29/h4-6,9-13,15,18-19H,2-3,7-8,14H2,(H,26,31)(H,27,28)/t18-,19-/m0/s1. The van der Waals surface area contributed by atoms with Crippen molar-refractivity contribution < 1.29 is 0 Å². The van der Waals surface area contributed by atoms with Crippen molar-refractivity contribution in [3.63, 3.8) is 0 Å². The van der Waals surface area contributed by atoms with Crippen molar-refractivity contribution in [3.05, 3.63) is 82.6 Å². The summed E-state index contributed by atoms with van der Waals surface area (Å²) in [7, 11) is 0. The first-order valence-corrected chi connectivity index (χ1v) is 10.5. The molecule has 3 aromatic heterocycles. The summed E-state index contributed by atoms with van der Waals surface area (Å²) >= 11 is 0. The van der Waals surface area contributed by atoms with Crippen molar-refractivity contribution in [3.8, 4) is 0 Å². The highest BCUT2D eigenvalue weighted by atomic mass is 16.1. The van der Waals surface area contributed by atoms with Crippen LogP contribution in [0, 0.1) is 6.57 Å². The Bertz CT molecular complexity index is 1300. The highest BCUT2D eigenvalue weighted by molar-refractivity contribution is 5.91. The maximum Gasteiger partial charge on any atom is 0.261 e. The lowest BCUT2D eigenvalue weighted by molar-refractivity contribution is 0.321. The summed E-state index contributed by atoms with van der Waals surface area (Å²) in [6, 6.07) is 9.79. The molecule has 0 amide bonds. The molecule has 31 heavy (non-hydrogen) atoms. The van der Waals surface area contributed by atoms with E-state index in [1.54, 1.807) is 18.7 Å². The van der Waals surface area contributed by atoms with Crippen LogP contribution in [0.3, 0.4) is 0 Å². The first-order chi connectivity index (χ1) is 15.2. The zero-order valence-electron chi connectivity index (χ0n) is 17.0. The summed E-state index contributed by atoms with van der Waals surface area (Å²) in [6.07, 6.45) is 11.0. The molecule has 4 aromatic rings. The topological polar surface area (TPSA) is 84.9 Å². The summed E-state index contributed by atoms with van der Waals surface area (Å²) in [6.45, 7) is 8.32. The number of nitrogens with zero attached hydrogens (tertiary/aromatic N) is 5. The van der Waals surface area contributed by atoms with Crippen LogP contribution in [0.1, 0.15) is 37.3 Å². The van der Waals surface area contributed by atoms with Gasteiger partial charge in [0.1, 0.15) is 11.4 Å². The first kappa shape index (κ1) is 19.1. The molecule has 0 saturated heterocycles. The molecule has 0 radical (unpaired) electrons. The van der Waals surface area contributed by atoms with Crippen molar-refractivity contribution in [1.82, 2.24) is 24.3 Å². The maximum absolute atomic E-state index is 12.7. The largest absolute Gasteiger partial charge is 0.338 e. The number of anilines is 2. The first-order valence-electron chi connectivity index (χ1n) is 10.5. The van der Waals surface area contributed by atoms with Crippen LogP contribution in [0.5, 0.6) is 0 Å². The molecule has 1 aliphatic rings. The van der Waals surface area contributed by atoms with Gasteiger partial charge >= 0.3 is 0 Å². The van der Waals surface area contributed by atoms with Gasteiger partial charge in [0.15, 0.2) is 5.82 Å². The Morgan fingerprint density at radius 1 is 1.26 bits per heavy atom. The number of benzene rings is 1. The molecular weight excluding hydrogens is 390 g/mol. The molecule has 3 heterocycles. The molecule has 1 aromatic carbocycles. The predicted molar refractivity (Wildman–Crippen MR) is 119 cm³/mol. The molecule has 8 nitrogen and oxygen atoms in total. The summed E-state index contributed by atoms with van der Waals surface area (Å²) in [5, 5.41) is 8.67. The summed E-state index contributed by atoms with van der Waals surface area (Å²) in [5.74, 6) is 0.519. The molecule has 0 aliphatic heterocycles. The van der Waals surface area contributed by atoms with E-state index < -0.39 is 0 Å². The van der Waals surface area contributed by atoms with Crippen molar-refractivity contribution in [2.45, 2.75) is 44.3 Å². The molecule has 0 bridgehead atoms. The Morgan fingerprint density at radius 3 is 3.00 bits per heavy atom. The third-order valence-corrected chi connectivity index (χ3v) is 5.92. The molecule has 0 spiro atoms. The third-order valence-electron chi connectivity index (χ3n) is 5.92. The third kappa shape index (κ3) is 3.70. The minimum absolute atomic E-state index is 0.0151. The van der Waals surface area contributed by atoms with Gasteiger partial charge in [0, 0.05) is 37.2 Å². The molecule has 5 rings (SSSR count). The molecule has 1 saturated carbocycles. The number of nitrogens with one attached hydrogen (secondary N) is 2. The molecule has 1 fully saturated rings. The number of H-pyrrole nitrogens is 1. The van der Waals surface area contributed by atoms with Crippen molar-refractivity contribution in [1.29, 1.82) is 0 Å². The van der Waals surface area contributed by atoms with E-state index >= 15 is 0 Å². The highest BCUT2D eigenvalue weighted by Gasteiger charge is 2.33. The smallest absolute Gasteiger partial charge is 0.261 e. The minimum atomic E-state index is -0.184. The van der Waals surface area contributed by atoms with Crippen LogP contribution in [0.15, 0.2) is 60.0 Å². The van der Waals surface area contributed by atoms with Gasteiger partial charge in [0.25, 0.3) is 5.56 Å². The molecule has 1 aliphatic carbocycles. The second kappa shape index (κ2) is 8.11. The van der Waals surface area contributed by atoms with E-state index in [1.165, 1.54) is 0 Å². The lowest BCUT2D eigenvalue weighted by atomic mass is 9.91. The number of imidazole rings is 1. The average molecular weight is 413 g/mol. The molecule has 156 valence electrons. The Kier molecular flexibility index (Phi) is 5.00. The van der Waals surface area contributed by atoms with Gasteiger partial charge < -0.3 is 19.7 Å². The fourth-order valence-electron chi connectivity index (χ4n) is 4.44. The number of hydrogen-bond donors (Lipinski definition) is 2. The van der Waals surface area contributed by atoms with Gasteiger partial charge in [-0.15, -0.1) is 0 Å². The zero-order chi connectivity index (χ0) is 21.2. The summed E-state index contributed by atoms with van der Waals surface area (Å²) < 4.78 is 3.89. The van der Waals surface area contributed by atoms with E-state index in [0.29, 0.717) is 17.7 Å². The second-order valence-corrected chi connectivity index (χ2v) is 7.97. The van der Waals surface area contributed by atoms with E-state index in [4.69, 9.17) is 11.7 Å². The Labute approximate surface area is 179 Å². The van der Waals surface area contributed by atoms with Gasteiger partial charge in [0.2, 0.25) is 6.04 Å². The molecule has 8 heteroatoms. The molecule has 2 N–H and O–H groups in total. The van der Waals surface area contributed by atoms with Crippen LogP contribution >= 0.6 is 0 Å². The fourth-order valence-corrected chi connectivity index (χ4v) is 4.44. The zero-order valence-corrected chi connectivity index (χ0v) is 17.0. The Morgan fingerprint density at radius 2 is 2.16 bits per heavy atom. The number of fused-ring (bicyclic) bond motifs is 1. The molecule has 0 unspecified atom stereocenters. The lowest BCUT2D eigenvalue weighted by Gasteiger charge is -2.24. The molecule has 2 atom stereocenters. The minimum Gasteiger partial charge on any atom is -0.338 e. The van der Waals surface area contributed by atoms with Gasteiger partial charge in [-0.1, -0.05) is 18.6 Å². The summed E-state index contributed by atoms with van der Waals surface area (Å²) in [4.78, 5) is 23.4. The van der Waals surface area contributed by atoms with Crippen LogP contribution in [-0.2, 0) is 6.54 Å². The van der Waals surface area contributed by atoms with Gasteiger partial charge in [-0.2, -0.15) is 5.10 Å². The van der Waals surface area contributed by atoms with Crippen LogP contribution < -0.4 is 10.9 Å². The van der Waals surface area contributed by atoms with Crippen LogP contribution in [0.2, 0.25) is 0 Å².